The van der Waals surface area contributed by atoms with Gasteiger partial charge in [-0.15, -0.1) is 0 Å². The van der Waals surface area contributed by atoms with Crippen LogP contribution in [0.4, 0.5) is 0 Å². The molecule has 0 aliphatic carbocycles. The van der Waals surface area contributed by atoms with E-state index in [0.717, 1.165) is 0 Å². The highest BCUT2D eigenvalue weighted by molar-refractivity contribution is 6.58. The summed E-state index contributed by atoms with van der Waals surface area (Å²) in [5.74, 6) is 1.24. The lowest BCUT2D eigenvalue weighted by Gasteiger charge is -2.09. The van der Waals surface area contributed by atoms with Crippen LogP contribution in [0.1, 0.15) is 0 Å². The Balaban J connectivity index is 1.80. The molecule has 20 heavy (non-hydrogen) atoms. The molecule has 2 rings (SSSR count). The molecule has 0 unspecified atom stereocenters. The SMILES string of the molecule is OB(O)c1cccc(OCCOc2cccc(Cl)c2)c1. The van der Waals surface area contributed by atoms with Gasteiger partial charge in [-0.3, -0.25) is 0 Å². The Kier molecular flexibility index (Phi) is 5.29. The van der Waals surface area contributed by atoms with Gasteiger partial charge in [0, 0.05) is 5.02 Å². The zero-order valence-corrected chi connectivity index (χ0v) is 11.5. The highest BCUT2D eigenvalue weighted by Gasteiger charge is 2.10. The van der Waals surface area contributed by atoms with E-state index in [0.29, 0.717) is 35.2 Å². The van der Waals surface area contributed by atoms with E-state index < -0.39 is 7.12 Å². The molecule has 2 N–H and O–H groups in total. The largest absolute Gasteiger partial charge is 0.490 e. The molecule has 0 aliphatic rings. The lowest BCUT2D eigenvalue weighted by atomic mass is 9.80. The van der Waals surface area contributed by atoms with E-state index in [2.05, 4.69) is 0 Å². The smallest absolute Gasteiger partial charge is 0.488 e. The first-order chi connectivity index (χ1) is 9.65. The van der Waals surface area contributed by atoms with Crippen molar-refractivity contribution in [2.75, 3.05) is 13.2 Å². The number of halogens is 1. The van der Waals surface area contributed by atoms with E-state index >= 15 is 0 Å². The summed E-state index contributed by atoms with van der Waals surface area (Å²) in [6.07, 6.45) is 0. The van der Waals surface area contributed by atoms with Crippen LogP contribution in [0, 0.1) is 0 Å². The lowest BCUT2D eigenvalue weighted by Crippen LogP contribution is -2.29. The Morgan fingerprint density at radius 3 is 2.10 bits per heavy atom. The maximum Gasteiger partial charge on any atom is 0.488 e. The molecule has 2 aromatic carbocycles. The summed E-state index contributed by atoms with van der Waals surface area (Å²) in [5, 5.41) is 18.7. The van der Waals surface area contributed by atoms with Crippen LogP contribution >= 0.6 is 11.6 Å². The monoisotopic (exact) mass is 292 g/mol. The molecule has 0 bridgehead atoms. The van der Waals surface area contributed by atoms with Crippen molar-refractivity contribution in [3.8, 4) is 11.5 Å². The second-order valence-corrected chi connectivity index (χ2v) is 4.54. The van der Waals surface area contributed by atoms with E-state index in [4.69, 9.17) is 31.1 Å². The van der Waals surface area contributed by atoms with Gasteiger partial charge in [-0.25, -0.2) is 0 Å². The molecule has 0 aliphatic heterocycles. The molecule has 0 saturated heterocycles. The molecule has 104 valence electrons. The van der Waals surface area contributed by atoms with E-state index in [1.165, 1.54) is 0 Å². The van der Waals surface area contributed by atoms with Crippen LogP contribution in [0.15, 0.2) is 48.5 Å². The topological polar surface area (TPSA) is 58.9 Å². The fourth-order valence-corrected chi connectivity index (χ4v) is 1.82. The van der Waals surface area contributed by atoms with Gasteiger partial charge >= 0.3 is 7.12 Å². The maximum absolute atomic E-state index is 9.06. The quantitative estimate of drug-likeness (QED) is 0.625. The van der Waals surface area contributed by atoms with Crippen molar-refractivity contribution >= 4 is 24.2 Å². The predicted octanol–water partition coefficient (Wildman–Crippen LogP) is 1.48. The molecule has 0 aromatic heterocycles. The second-order valence-electron chi connectivity index (χ2n) is 4.10. The molecular weight excluding hydrogens is 278 g/mol. The van der Waals surface area contributed by atoms with Gasteiger partial charge in [-0.2, -0.15) is 0 Å². The average Bonchev–Trinajstić information content (AvgIpc) is 2.44. The van der Waals surface area contributed by atoms with E-state index in [1.807, 2.05) is 12.1 Å². The van der Waals surface area contributed by atoms with E-state index in [1.54, 1.807) is 36.4 Å². The van der Waals surface area contributed by atoms with Gasteiger partial charge in [0.15, 0.2) is 0 Å². The van der Waals surface area contributed by atoms with Crippen LogP contribution in [0.3, 0.4) is 0 Å². The van der Waals surface area contributed by atoms with Gasteiger partial charge in [0.2, 0.25) is 0 Å². The molecule has 2 aromatic rings. The maximum atomic E-state index is 9.06. The Morgan fingerprint density at radius 2 is 1.50 bits per heavy atom. The standard InChI is InChI=1S/C14H14BClO4/c16-12-4-2-6-14(10-12)20-8-7-19-13-5-1-3-11(9-13)15(17)18/h1-6,9-10,17-18H,7-8H2. The number of rotatable bonds is 6. The van der Waals surface area contributed by atoms with E-state index in [-0.39, 0.29) is 0 Å². The first-order valence-corrected chi connectivity index (χ1v) is 6.50. The molecule has 0 fully saturated rings. The molecule has 0 radical (unpaired) electrons. The summed E-state index contributed by atoms with van der Waals surface area (Å²) in [4.78, 5) is 0. The van der Waals surface area contributed by atoms with Gasteiger partial charge in [-0.05, 0) is 35.8 Å². The first kappa shape index (κ1) is 14.7. The number of benzene rings is 2. The molecule has 0 saturated carbocycles. The van der Waals surface area contributed by atoms with Crippen molar-refractivity contribution in [2.24, 2.45) is 0 Å². The number of ether oxygens (including phenoxy) is 2. The summed E-state index contributed by atoms with van der Waals surface area (Å²) < 4.78 is 10.9. The zero-order valence-electron chi connectivity index (χ0n) is 10.7. The number of hydrogen-bond donors (Lipinski definition) is 2. The van der Waals surface area contributed by atoms with Crippen molar-refractivity contribution in [1.82, 2.24) is 0 Å². The minimum absolute atomic E-state index is 0.345. The third-order valence-corrected chi connectivity index (χ3v) is 2.81. The predicted molar refractivity (Wildman–Crippen MR) is 78.7 cm³/mol. The van der Waals surface area contributed by atoms with Gasteiger partial charge in [-0.1, -0.05) is 29.8 Å². The molecule has 6 heteroatoms. The zero-order chi connectivity index (χ0) is 14.4. The van der Waals surface area contributed by atoms with Gasteiger partial charge in [0.1, 0.15) is 24.7 Å². The summed E-state index contributed by atoms with van der Waals surface area (Å²) in [5.41, 5.74) is 0.387. The average molecular weight is 293 g/mol. The Bertz CT molecular complexity index is 562. The molecule has 0 amide bonds. The van der Waals surface area contributed by atoms with Crippen LogP contribution in [-0.2, 0) is 0 Å². The van der Waals surface area contributed by atoms with Crippen LogP contribution in [0.2, 0.25) is 5.02 Å². The molecule has 0 heterocycles. The minimum Gasteiger partial charge on any atom is -0.490 e. The van der Waals surface area contributed by atoms with Crippen molar-refractivity contribution in [3.63, 3.8) is 0 Å². The molecular formula is C14H14BClO4. The minimum atomic E-state index is -1.50. The van der Waals surface area contributed by atoms with Crippen molar-refractivity contribution < 1.29 is 19.5 Å². The highest BCUT2D eigenvalue weighted by atomic mass is 35.5. The van der Waals surface area contributed by atoms with Crippen molar-refractivity contribution in [2.45, 2.75) is 0 Å². The van der Waals surface area contributed by atoms with Crippen LogP contribution in [0.5, 0.6) is 11.5 Å². The fourth-order valence-electron chi connectivity index (χ4n) is 1.64. The van der Waals surface area contributed by atoms with Crippen molar-refractivity contribution in [3.05, 3.63) is 53.6 Å². The Morgan fingerprint density at radius 1 is 0.900 bits per heavy atom. The van der Waals surface area contributed by atoms with E-state index in [9.17, 15) is 0 Å². The normalized spacial score (nSPS) is 10.2. The summed E-state index contributed by atoms with van der Waals surface area (Å²) in [7, 11) is -1.50. The Hall–Kier alpha value is -1.69. The third-order valence-electron chi connectivity index (χ3n) is 2.57. The number of hydrogen-bond acceptors (Lipinski definition) is 4. The fraction of sp³-hybridized carbons (Fsp3) is 0.143. The van der Waals surface area contributed by atoms with Gasteiger partial charge in [0.25, 0.3) is 0 Å². The summed E-state index contributed by atoms with van der Waals surface area (Å²) >= 11 is 5.84. The van der Waals surface area contributed by atoms with Crippen LogP contribution < -0.4 is 14.9 Å². The lowest BCUT2D eigenvalue weighted by molar-refractivity contribution is 0.217. The van der Waals surface area contributed by atoms with Gasteiger partial charge < -0.3 is 19.5 Å². The van der Waals surface area contributed by atoms with Gasteiger partial charge in [0.05, 0.1) is 0 Å². The molecule has 4 nitrogen and oxygen atoms in total. The molecule has 0 atom stereocenters. The second kappa shape index (κ2) is 7.19. The van der Waals surface area contributed by atoms with Crippen LogP contribution in [-0.4, -0.2) is 30.4 Å². The Labute approximate surface area is 122 Å². The third kappa shape index (κ3) is 4.45. The van der Waals surface area contributed by atoms with Crippen LogP contribution in [0.25, 0.3) is 0 Å². The summed E-state index contributed by atoms with van der Waals surface area (Å²) in [6, 6.07) is 13.7. The summed E-state index contributed by atoms with van der Waals surface area (Å²) in [6.45, 7) is 0.712. The first-order valence-electron chi connectivity index (χ1n) is 6.12. The van der Waals surface area contributed by atoms with Crippen molar-refractivity contribution in [1.29, 1.82) is 0 Å². The highest BCUT2D eigenvalue weighted by Crippen LogP contribution is 2.17. The molecule has 0 spiro atoms.